The number of ketones is 1. The molecule has 19 heavy (non-hydrogen) atoms. The van der Waals surface area contributed by atoms with E-state index >= 15 is 0 Å². The van der Waals surface area contributed by atoms with Gasteiger partial charge in [-0.25, -0.2) is 4.79 Å². The van der Waals surface area contributed by atoms with E-state index in [4.69, 9.17) is 9.15 Å². The number of aryl methyl sites for hydroxylation is 2. The lowest BCUT2D eigenvalue weighted by Gasteiger charge is -2.11. The number of hydrogen-bond donors (Lipinski definition) is 0. The number of hydrogen-bond acceptors (Lipinski definition) is 4. The zero-order chi connectivity index (χ0) is 14.0. The molecule has 4 nitrogen and oxygen atoms in total. The van der Waals surface area contributed by atoms with Crippen LogP contribution in [0.15, 0.2) is 27.4 Å². The van der Waals surface area contributed by atoms with Crippen molar-refractivity contribution in [1.29, 1.82) is 0 Å². The lowest BCUT2D eigenvalue weighted by Crippen LogP contribution is -2.08. The summed E-state index contributed by atoms with van der Waals surface area (Å²) in [5.41, 5.74) is 1.97. The molecule has 0 N–H and O–H groups in total. The Labute approximate surface area is 111 Å². The summed E-state index contributed by atoms with van der Waals surface area (Å²) in [6.07, 6.45) is 0.780. The molecular formula is C15H16O4. The normalized spacial score (nSPS) is 10.7. The SMILES string of the molecule is CCc1cc2c(C)cc(=O)oc2cc1OCC(C)=O. The van der Waals surface area contributed by atoms with Gasteiger partial charge in [-0.15, -0.1) is 0 Å². The maximum atomic E-state index is 11.4. The van der Waals surface area contributed by atoms with Gasteiger partial charge in [-0.05, 0) is 37.5 Å². The van der Waals surface area contributed by atoms with Gasteiger partial charge in [0, 0.05) is 17.5 Å². The van der Waals surface area contributed by atoms with E-state index in [1.165, 1.54) is 13.0 Å². The molecule has 2 rings (SSSR count). The van der Waals surface area contributed by atoms with E-state index in [1.807, 2.05) is 19.9 Å². The Balaban J connectivity index is 2.57. The monoisotopic (exact) mass is 260 g/mol. The number of Topliss-reactive ketones (excluding diaryl/α,β-unsaturated/α-hetero) is 1. The number of rotatable bonds is 4. The summed E-state index contributed by atoms with van der Waals surface area (Å²) in [5, 5.41) is 0.895. The van der Waals surface area contributed by atoms with Gasteiger partial charge < -0.3 is 9.15 Å². The molecule has 0 saturated heterocycles. The van der Waals surface area contributed by atoms with Gasteiger partial charge in [0.2, 0.25) is 0 Å². The molecule has 0 bridgehead atoms. The van der Waals surface area contributed by atoms with Crippen LogP contribution in [0.4, 0.5) is 0 Å². The maximum absolute atomic E-state index is 11.4. The Kier molecular flexibility index (Phi) is 3.69. The number of carbonyl (C=O) groups is 1. The van der Waals surface area contributed by atoms with Crippen molar-refractivity contribution < 1.29 is 13.9 Å². The highest BCUT2D eigenvalue weighted by atomic mass is 16.5. The fraction of sp³-hybridized carbons (Fsp3) is 0.333. The molecule has 0 aliphatic rings. The van der Waals surface area contributed by atoms with Gasteiger partial charge in [0.15, 0.2) is 5.78 Å². The molecule has 0 fully saturated rings. The number of fused-ring (bicyclic) bond motifs is 1. The Morgan fingerprint density at radius 3 is 2.68 bits per heavy atom. The third-order valence-electron chi connectivity index (χ3n) is 2.94. The van der Waals surface area contributed by atoms with Crippen molar-refractivity contribution in [3.05, 3.63) is 39.7 Å². The van der Waals surface area contributed by atoms with Gasteiger partial charge >= 0.3 is 5.63 Å². The van der Waals surface area contributed by atoms with Crippen LogP contribution in [0.2, 0.25) is 0 Å². The van der Waals surface area contributed by atoms with Gasteiger partial charge in [-0.1, -0.05) is 6.92 Å². The smallest absolute Gasteiger partial charge is 0.336 e. The number of ether oxygens (including phenoxy) is 1. The van der Waals surface area contributed by atoms with Crippen molar-refractivity contribution in [3.63, 3.8) is 0 Å². The Bertz CT molecular complexity index is 682. The molecule has 1 heterocycles. The van der Waals surface area contributed by atoms with Crippen LogP contribution in [0, 0.1) is 6.92 Å². The van der Waals surface area contributed by atoms with E-state index in [0.717, 1.165) is 22.9 Å². The molecule has 0 amide bonds. The largest absolute Gasteiger partial charge is 0.485 e. The molecule has 0 radical (unpaired) electrons. The first-order valence-corrected chi connectivity index (χ1v) is 6.21. The van der Waals surface area contributed by atoms with Gasteiger partial charge in [-0.2, -0.15) is 0 Å². The fourth-order valence-electron chi connectivity index (χ4n) is 1.98. The maximum Gasteiger partial charge on any atom is 0.336 e. The Morgan fingerprint density at radius 1 is 1.32 bits per heavy atom. The zero-order valence-corrected chi connectivity index (χ0v) is 11.3. The summed E-state index contributed by atoms with van der Waals surface area (Å²) in [7, 11) is 0. The van der Waals surface area contributed by atoms with Crippen LogP contribution in [0.3, 0.4) is 0 Å². The second kappa shape index (κ2) is 5.26. The van der Waals surface area contributed by atoms with Crippen molar-refractivity contribution in [2.75, 3.05) is 6.61 Å². The van der Waals surface area contributed by atoms with Crippen LogP contribution in [0.5, 0.6) is 5.75 Å². The van der Waals surface area contributed by atoms with Gasteiger partial charge in [0.1, 0.15) is 17.9 Å². The number of benzene rings is 1. The van der Waals surface area contributed by atoms with Crippen molar-refractivity contribution in [2.45, 2.75) is 27.2 Å². The quantitative estimate of drug-likeness (QED) is 0.793. The first kappa shape index (κ1) is 13.3. The first-order chi connectivity index (χ1) is 9.01. The number of carbonyl (C=O) groups excluding carboxylic acids is 1. The Hall–Kier alpha value is -2.10. The lowest BCUT2D eigenvalue weighted by atomic mass is 10.1. The second-order valence-electron chi connectivity index (χ2n) is 4.55. The van der Waals surface area contributed by atoms with Crippen molar-refractivity contribution in [1.82, 2.24) is 0 Å². The van der Waals surface area contributed by atoms with E-state index in [-0.39, 0.29) is 18.0 Å². The van der Waals surface area contributed by atoms with E-state index in [1.54, 1.807) is 6.07 Å². The molecule has 0 atom stereocenters. The van der Waals surface area contributed by atoms with Crippen LogP contribution in [0.25, 0.3) is 11.0 Å². The van der Waals surface area contributed by atoms with Crippen LogP contribution in [-0.4, -0.2) is 12.4 Å². The molecule has 0 aliphatic carbocycles. The molecule has 0 aliphatic heterocycles. The van der Waals surface area contributed by atoms with E-state index in [2.05, 4.69) is 0 Å². The van der Waals surface area contributed by atoms with Gasteiger partial charge in [0.25, 0.3) is 0 Å². The molecule has 4 heteroatoms. The third-order valence-corrected chi connectivity index (χ3v) is 2.94. The predicted octanol–water partition coefficient (Wildman–Crippen LogP) is 2.63. The molecule has 0 saturated carbocycles. The minimum Gasteiger partial charge on any atom is -0.485 e. The fourth-order valence-corrected chi connectivity index (χ4v) is 1.98. The molecule has 100 valence electrons. The minimum absolute atomic E-state index is 0.0224. The summed E-state index contributed by atoms with van der Waals surface area (Å²) in [5.74, 6) is 0.548. The van der Waals surface area contributed by atoms with Gasteiger partial charge in [0.05, 0.1) is 0 Å². The Morgan fingerprint density at radius 2 is 2.05 bits per heavy atom. The molecule has 1 aromatic carbocycles. The van der Waals surface area contributed by atoms with Crippen molar-refractivity contribution in [2.24, 2.45) is 0 Å². The van der Waals surface area contributed by atoms with Crippen molar-refractivity contribution >= 4 is 16.8 Å². The minimum atomic E-state index is -0.383. The van der Waals surface area contributed by atoms with E-state index in [0.29, 0.717) is 11.3 Å². The molecule has 1 aromatic heterocycles. The molecule has 0 spiro atoms. The third kappa shape index (κ3) is 2.84. The average molecular weight is 260 g/mol. The van der Waals surface area contributed by atoms with Crippen LogP contribution in [-0.2, 0) is 11.2 Å². The summed E-state index contributed by atoms with van der Waals surface area (Å²) in [6, 6.07) is 5.10. The summed E-state index contributed by atoms with van der Waals surface area (Å²) < 4.78 is 10.6. The van der Waals surface area contributed by atoms with Gasteiger partial charge in [-0.3, -0.25) is 4.79 Å². The molecular weight excluding hydrogens is 244 g/mol. The zero-order valence-electron chi connectivity index (χ0n) is 11.3. The van der Waals surface area contributed by atoms with E-state index in [9.17, 15) is 9.59 Å². The van der Waals surface area contributed by atoms with Crippen molar-refractivity contribution in [3.8, 4) is 5.75 Å². The second-order valence-corrected chi connectivity index (χ2v) is 4.55. The average Bonchev–Trinajstić information content (AvgIpc) is 2.35. The highest BCUT2D eigenvalue weighted by Crippen LogP contribution is 2.27. The lowest BCUT2D eigenvalue weighted by molar-refractivity contribution is -0.118. The highest BCUT2D eigenvalue weighted by molar-refractivity contribution is 5.83. The molecule has 2 aromatic rings. The van der Waals surface area contributed by atoms with Crippen LogP contribution in [0.1, 0.15) is 25.0 Å². The van der Waals surface area contributed by atoms with Crippen LogP contribution >= 0.6 is 0 Å². The summed E-state index contributed by atoms with van der Waals surface area (Å²) in [6.45, 7) is 5.37. The van der Waals surface area contributed by atoms with E-state index < -0.39 is 0 Å². The predicted molar refractivity (Wildman–Crippen MR) is 72.8 cm³/mol. The van der Waals surface area contributed by atoms with Crippen LogP contribution < -0.4 is 10.4 Å². The summed E-state index contributed by atoms with van der Waals surface area (Å²) in [4.78, 5) is 22.4. The molecule has 0 unspecified atom stereocenters. The summed E-state index contributed by atoms with van der Waals surface area (Å²) >= 11 is 0. The first-order valence-electron chi connectivity index (χ1n) is 6.21. The highest BCUT2D eigenvalue weighted by Gasteiger charge is 2.10. The standard InChI is InChI=1S/C15H16O4/c1-4-11-6-12-9(2)5-15(17)19-14(12)7-13(11)18-8-10(3)16/h5-7H,4,8H2,1-3H3. The topological polar surface area (TPSA) is 56.5 Å².